The highest BCUT2D eigenvalue weighted by Crippen LogP contribution is 2.41. The van der Waals surface area contributed by atoms with Crippen LogP contribution in [0.5, 0.6) is 5.75 Å². The number of methoxy groups -OCH3 is 1. The van der Waals surface area contributed by atoms with E-state index in [9.17, 15) is 23.5 Å². The summed E-state index contributed by atoms with van der Waals surface area (Å²) in [6.07, 6.45) is 4.68. The molecule has 2 N–H and O–H groups in total. The number of carboxylic acids is 1. The molecule has 3 aliphatic rings. The zero-order chi connectivity index (χ0) is 27.9. The van der Waals surface area contributed by atoms with Crippen LogP contribution in [-0.2, 0) is 4.79 Å². The van der Waals surface area contributed by atoms with Gasteiger partial charge in [0.1, 0.15) is 11.4 Å². The van der Waals surface area contributed by atoms with Crippen LogP contribution in [0.3, 0.4) is 0 Å². The lowest BCUT2D eigenvalue weighted by Crippen LogP contribution is -2.48. The molecule has 1 aliphatic carbocycles. The lowest BCUT2D eigenvalue weighted by atomic mass is 10.1. The number of nitrogens with zero attached hydrogens (tertiary/aromatic N) is 6. The van der Waals surface area contributed by atoms with Crippen molar-refractivity contribution in [3.8, 4) is 5.75 Å². The molecule has 2 aromatic rings. The SMILES string of the molecule is COc1cc(C(=O)O)c(N2CCN(C)CC2)cc1Nc1ncc2c(n1)N(C1CCCC1)CC(F)(F)C(=O)N2C. The van der Waals surface area contributed by atoms with Gasteiger partial charge < -0.3 is 34.8 Å². The van der Waals surface area contributed by atoms with Gasteiger partial charge in [-0.15, -0.1) is 0 Å². The van der Waals surface area contributed by atoms with Crippen molar-refractivity contribution in [3.05, 3.63) is 23.9 Å². The van der Waals surface area contributed by atoms with Gasteiger partial charge in [-0.3, -0.25) is 4.79 Å². The predicted octanol–water partition coefficient (Wildman–Crippen LogP) is 3.04. The summed E-state index contributed by atoms with van der Waals surface area (Å²) in [5, 5.41) is 13.0. The second-order valence-electron chi connectivity index (χ2n) is 10.3. The maximum absolute atomic E-state index is 14.9. The molecule has 5 rings (SSSR count). The molecular formula is C26H33F2N7O4. The van der Waals surface area contributed by atoms with Crippen molar-refractivity contribution in [2.24, 2.45) is 0 Å². The molecule has 1 amide bonds. The number of carboxylic acid groups (broad SMARTS) is 1. The monoisotopic (exact) mass is 545 g/mol. The molecule has 13 heteroatoms. The highest BCUT2D eigenvalue weighted by molar-refractivity contribution is 6.02. The van der Waals surface area contributed by atoms with Gasteiger partial charge in [-0.05, 0) is 32.0 Å². The number of anilines is 5. The molecule has 3 heterocycles. The summed E-state index contributed by atoms with van der Waals surface area (Å²) >= 11 is 0. The van der Waals surface area contributed by atoms with Gasteiger partial charge in [-0.1, -0.05) is 12.8 Å². The standard InChI is InChI=1S/C26H33F2N7O4/c1-32-8-10-34(11-9-32)19-13-18(21(39-3)12-17(19)23(36)37)30-25-29-14-20-22(31-25)35(16-6-4-5-7-16)15-26(27,28)24(38)33(20)2/h12-14,16H,4-11,15H2,1-3H3,(H,36,37)(H,29,30,31). The van der Waals surface area contributed by atoms with Gasteiger partial charge >= 0.3 is 11.9 Å². The first-order chi connectivity index (χ1) is 18.6. The number of carbonyl (C=O) groups excluding carboxylic acids is 1. The van der Waals surface area contributed by atoms with Gasteiger partial charge in [-0.2, -0.15) is 13.8 Å². The summed E-state index contributed by atoms with van der Waals surface area (Å²) in [4.78, 5) is 40.2. The molecule has 0 spiro atoms. The number of aromatic nitrogens is 2. The number of hydrogen-bond acceptors (Lipinski definition) is 9. The molecule has 2 aliphatic heterocycles. The zero-order valence-electron chi connectivity index (χ0n) is 22.3. The third-order valence-corrected chi connectivity index (χ3v) is 7.77. The molecule has 1 aromatic heterocycles. The van der Waals surface area contributed by atoms with Crippen molar-refractivity contribution in [3.63, 3.8) is 0 Å². The number of carbonyl (C=O) groups is 2. The Kier molecular flexibility index (Phi) is 7.19. The highest BCUT2D eigenvalue weighted by atomic mass is 19.3. The molecule has 1 aromatic carbocycles. The molecule has 0 atom stereocenters. The fourth-order valence-electron chi connectivity index (χ4n) is 5.54. The minimum absolute atomic E-state index is 0.111. The highest BCUT2D eigenvalue weighted by Gasteiger charge is 2.48. The Balaban J connectivity index is 1.54. The molecule has 11 nitrogen and oxygen atoms in total. The van der Waals surface area contributed by atoms with Crippen molar-refractivity contribution in [1.82, 2.24) is 14.9 Å². The molecule has 2 fully saturated rings. The lowest BCUT2D eigenvalue weighted by molar-refractivity contribution is -0.140. The Bertz CT molecular complexity index is 1260. The van der Waals surface area contributed by atoms with E-state index in [2.05, 4.69) is 20.2 Å². The number of benzene rings is 1. The van der Waals surface area contributed by atoms with Crippen LogP contribution in [0.4, 0.5) is 37.6 Å². The number of rotatable bonds is 6. The van der Waals surface area contributed by atoms with Crippen molar-refractivity contribution in [2.75, 3.05) is 73.9 Å². The van der Waals surface area contributed by atoms with Crippen LogP contribution >= 0.6 is 0 Å². The number of aromatic carboxylic acids is 1. The van der Waals surface area contributed by atoms with E-state index in [4.69, 9.17) is 4.74 Å². The van der Waals surface area contributed by atoms with Crippen LogP contribution in [0, 0.1) is 0 Å². The maximum Gasteiger partial charge on any atom is 0.342 e. The number of halogens is 2. The van der Waals surface area contributed by atoms with Gasteiger partial charge in [0.15, 0.2) is 5.82 Å². The Morgan fingerprint density at radius 1 is 1.13 bits per heavy atom. The minimum Gasteiger partial charge on any atom is -0.495 e. The predicted molar refractivity (Wildman–Crippen MR) is 143 cm³/mol. The molecule has 0 bridgehead atoms. The number of ether oxygens (including phenoxy) is 1. The summed E-state index contributed by atoms with van der Waals surface area (Å²) in [6.45, 7) is 2.13. The van der Waals surface area contributed by atoms with E-state index < -0.39 is 24.3 Å². The smallest absolute Gasteiger partial charge is 0.342 e. The molecule has 39 heavy (non-hydrogen) atoms. The average Bonchev–Trinajstić information content (AvgIpc) is 3.44. The van der Waals surface area contributed by atoms with Crippen LogP contribution in [-0.4, -0.2) is 97.7 Å². The first-order valence-electron chi connectivity index (χ1n) is 13.0. The van der Waals surface area contributed by atoms with Gasteiger partial charge in [-0.25, -0.2) is 9.78 Å². The summed E-state index contributed by atoms with van der Waals surface area (Å²) in [5.41, 5.74) is 1.29. The maximum atomic E-state index is 14.9. The molecule has 1 saturated carbocycles. The van der Waals surface area contributed by atoms with Gasteiger partial charge in [0.2, 0.25) is 5.95 Å². The molecule has 1 saturated heterocycles. The van der Waals surface area contributed by atoms with E-state index in [1.807, 2.05) is 11.9 Å². The lowest BCUT2D eigenvalue weighted by Gasteiger charge is -2.35. The molecule has 0 radical (unpaired) electrons. The van der Waals surface area contributed by atoms with E-state index in [1.54, 1.807) is 6.07 Å². The Morgan fingerprint density at radius 3 is 2.46 bits per heavy atom. The summed E-state index contributed by atoms with van der Waals surface area (Å²) in [5.74, 6) is -5.29. The van der Waals surface area contributed by atoms with Gasteiger partial charge in [0.25, 0.3) is 5.91 Å². The largest absolute Gasteiger partial charge is 0.495 e. The third-order valence-electron chi connectivity index (χ3n) is 7.77. The number of likely N-dealkylation sites (N-methyl/N-ethyl adjacent to an activating group) is 1. The van der Waals surface area contributed by atoms with E-state index in [0.29, 0.717) is 24.5 Å². The van der Waals surface area contributed by atoms with Crippen molar-refractivity contribution >= 4 is 40.7 Å². The number of nitrogens with one attached hydrogen (secondary N) is 1. The summed E-state index contributed by atoms with van der Waals surface area (Å²) in [7, 11) is 4.76. The van der Waals surface area contributed by atoms with Crippen molar-refractivity contribution < 1.29 is 28.2 Å². The fourth-order valence-corrected chi connectivity index (χ4v) is 5.54. The first-order valence-corrected chi connectivity index (χ1v) is 13.0. The summed E-state index contributed by atoms with van der Waals surface area (Å²) < 4.78 is 35.3. The van der Waals surface area contributed by atoms with Crippen LogP contribution in [0.15, 0.2) is 18.3 Å². The quantitative estimate of drug-likeness (QED) is 0.561. The van der Waals surface area contributed by atoms with E-state index in [0.717, 1.165) is 43.7 Å². The van der Waals surface area contributed by atoms with E-state index in [1.165, 1.54) is 31.3 Å². The number of hydrogen-bond donors (Lipinski definition) is 2. The van der Waals surface area contributed by atoms with Crippen LogP contribution in [0.1, 0.15) is 36.0 Å². The first kappa shape index (κ1) is 26.9. The molecule has 0 unspecified atom stereocenters. The van der Waals surface area contributed by atoms with E-state index in [-0.39, 0.29) is 34.8 Å². The second kappa shape index (κ2) is 10.4. The number of piperazine rings is 1. The molecular weight excluding hydrogens is 512 g/mol. The average molecular weight is 546 g/mol. The van der Waals surface area contributed by atoms with Crippen LogP contribution < -0.4 is 24.8 Å². The number of amides is 1. The topological polar surface area (TPSA) is 114 Å². The minimum atomic E-state index is -3.57. The zero-order valence-corrected chi connectivity index (χ0v) is 22.3. The summed E-state index contributed by atoms with van der Waals surface area (Å²) in [6, 6.07) is 2.99. The normalized spacial score (nSPS) is 20.1. The van der Waals surface area contributed by atoms with E-state index >= 15 is 0 Å². The van der Waals surface area contributed by atoms with Gasteiger partial charge in [0.05, 0.1) is 36.8 Å². The Morgan fingerprint density at radius 2 is 1.82 bits per heavy atom. The number of fused-ring (bicyclic) bond motifs is 1. The van der Waals surface area contributed by atoms with Crippen molar-refractivity contribution in [2.45, 2.75) is 37.6 Å². The van der Waals surface area contributed by atoms with Crippen LogP contribution in [0.25, 0.3) is 0 Å². The van der Waals surface area contributed by atoms with Crippen LogP contribution in [0.2, 0.25) is 0 Å². The van der Waals surface area contributed by atoms with Gasteiger partial charge in [0, 0.05) is 39.3 Å². The number of alkyl halides is 2. The fraction of sp³-hybridized carbons (Fsp3) is 0.538. The van der Waals surface area contributed by atoms with Crippen molar-refractivity contribution in [1.29, 1.82) is 0 Å². The Labute approximate surface area is 225 Å². The molecule has 210 valence electrons. The Hall–Kier alpha value is -3.74. The third kappa shape index (κ3) is 5.14. The second-order valence-corrected chi connectivity index (χ2v) is 10.3.